The van der Waals surface area contributed by atoms with E-state index in [0.717, 1.165) is 7.05 Å². The van der Waals surface area contributed by atoms with Gasteiger partial charge >= 0.3 is 5.37 Å². The molecule has 0 radical (unpaired) electrons. The molecule has 0 saturated carbocycles. The Bertz CT molecular complexity index is 429. The first kappa shape index (κ1) is 11.0. The Morgan fingerprint density at radius 3 is 2.21 bits per heavy atom. The maximum absolute atomic E-state index is 11.6. The van der Waals surface area contributed by atoms with Crippen molar-refractivity contribution in [3.05, 3.63) is 30.3 Å². The van der Waals surface area contributed by atoms with Crippen LogP contribution in [0.25, 0.3) is 0 Å². The van der Waals surface area contributed by atoms with E-state index in [2.05, 4.69) is 0 Å². The smallest absolute Gasteiger partial charge is 0.254 e. The molecular weight excluding hydrogens is 226 g/mol. The van der Waals surface area contributed by atoms with Crippen LogP contribution in [0.5, 0.6) is 0 Å². The number of hydrogen-bond acceptors (Lipinski definition) is 3. The van der Waals surface area contributed by atoms with Crippen LogP contribution in [0.1, 0.15) is 0 Å². The molecule has 0 atom stereocenters. The Labute approximate surface area is 87.1 Å². The Morgan fingerprint density at radius 1 is 1.29 bits per heavy atom. The number of benzene rings is 1. The minimum atomic E-state index is -3.79. The van der Waals surface area contributed by atoms with Gasteiger partial charge in [-0.3, -0.25) is 4.79 Å². The number of amides is 1. The summed E-state index contributed by atoms with van der Waals surface area (Å²) in [6.07, 6.45) is 0. The summed E-state index contributed by atoms with van der Waals surface area (Å²) in [4.78, 5) is 10.7. The summed E-state index contributed by atoms with van der Waals surface area (Å²) in [7, 11) is -2.68. The van der Waals surface area contributed by atoms with Gasteiger partial charge in [-0.05, 0) is 23.7 Å². The van der Waals surface area contributed by atoms with Gasteiger partial charge in [0, 0.05) is 7.05 Å². The third-order valence-corrected chi connectivity index (χ3v) is 3.76. The van der Waals surface area contributed by atoms with Crippen molar-refractivity contribution in [3.63, 3.8) is 0 Å². The fourth-order valence-corrected chi connectivity index (χ4v) is 2.12. The molecule has 6 heteroatoms. The highest BCUT2D eigenvalue weighted by Crippen LogP contribution is 2.14. The van der Waals surface area contributed by atoms with Crippen molar-refractivity contribution in [2.75, 3.05) is 7.05 Å². The molecule has 0 aromatic heterocycles. The standard InChI is InChI=1S/C8H8ClNO3S/c1-10(8(9)11)14(12,13)7-5-3-2-4-6-7/h2-6H,1H3. The lowest BCUT2D eigenvalue weighted by molar-refractivity contribution is 0.249. The summed E-state index contributed by atoms with van der Waals surface area (Å²) in [6, 6.07) is 7.61. The van der Waals surface area contributed by atoms with Crippen LogP contribution in [-0.4, -0.2) is 25.1 Å². The molecule has 76 valence electrons. The van der Waals surface area contributed by atoms with Gasteiger partial charge in [-0.25, -0.2) is 12.7 Å². The molecule has 0 aliphatic carbocycles. The molecular formula is C8H8ClNO3S. The lowest BCUT2D eigenvalue weighted by Gasteiger charge is -2.13. The van der Waals surface area contributed by atoms with E-state index < -0.39 is 15.4 Å². The highest BCUT2D eigenvalue weighted by molar-refractivity contribution is 7.89. The van der Waals surface area contributed by atoms with Crippen LogP contribution in [0, 0.1) is 0 Å². The van der Waals surface area contributed by atoms with Crippen molar-refractivity contribution >= 4 is 27.0 Å². The average molecular weight is 234 g/mol. The minimum absolute atomic E-state index is 0.0384. The van der Waals surface area contributed by atoms with Gasteiger partial charge in [0.25, 0.3) is 10.0 Å². The summed E-state index contributed by atoms with van der Waals surface area (Å²) in [5, 5.41) is -1.03. The first-order valence-electron chi connectivity index (χ1n) is 3.69. The van der Waals surface area contributed by atoms with Crippen molar-refractivity contribution in [1.29, 1.82) is 0 Å². The monoisotopic (exact) mass is 233 g/mol. The third-order valence-electron chi connectivity index (χ3n) is 1.65. The van der Waals surface area contributed by atoms with E-state index in [4.69, 9.17) is 11.6 Å². The van der Waals surface area contributed by atoms with Crippen molar-refractivity contribution in [3.8, 4) is 0 Å². The van der Waals surface area contributed by atoms with E-state index in [0.29, 0.717) is 4.31 Å². The Morgan fingerprint density at radius 2 is 1.79 bits per heavy atom. The Hall–Kier alpha value is -1.07. The number of halogens is 1. The number of hydrogen-bond donors (Lipinski definition) is 0. The molecule has 0 saturated heterocycles. The van der Waals surface area contributed by atoms with Crippen LogP contribution >= 0.6 is 11.6 Å². The van der Waals surface area contributed by atoms with E-state index in [9.17, 15) is 13.2 Å². The van der Waals surface area contributed by atoms with Crippen LogP contribution in [0.2, 0.25) is 0 Å². The molecule has 0 bridgehead atoms. The molecule has 1 rings (SSSR count). The van der Waals surface area contributed by atoms with E-state index in [1.807, 2.05) is 0 Å². The summed E-state index contributed by atoms with van der Waals surface area (Å²) in [5.74, 6) is 0. The molecule has 0 unspecified atom stereocenters. The lowest BCUT2D eigenvalue weighted by atomic mass is 10.4. The van der Waals surface area contributed by atoms with Crippen LogP contribution in [0.4, 0.5) is 4.79 Å². The Kier molecular flexibility index (Phi) is 3.13. The van der Waals surface area contributed by atoms with Gasteiger partial charge in [0.15, 0.2) is 0 Å². The van der Waals surface area contributed by atoms with E-state index >= 15 is 0 Å². The predicted octanol–water partition coefficient (Wildman–Crippen LogP) is 1.67. The quantitative estimate of drug-likeness (QED) is 0.577. The number of carbonyl (C=O) groups is 1. The average Bonchev–Trinajstić information content (AvgIpc) is 2.18. The molecule has 0 heterocycles. The van der Waals surface area contributed by atoms with Crippen LogP contribution in [0.15, 0.2) is 35.2 Å². The lowest BCUT2D eigenvalue weighted by Crippen LogP contribution is -2.28. The first-order chi connectivity index (χ1) is 6.46. The number of sulfonamides is 1. The van der Waals surface area contributed by atoms with Crippen LogP contribution < -0.4 is 0 Å². The molecule has 0 aliphatic heterocycles. The molecule has 0 N–H and O–H groups in total. The summed E-state index contributed by atoms with van der Waals surface area (Å²) < 4.78 is 23.7. The number of carbonyl (C=O) groups excluding carboxylic acids is 1. The van der Waals surface area contributed by atoms with E-state index in [1.165, 1.54) is 12.1 Å². The molecule has 0 aliphatic rings. The molecule has 1 aromatic rings. The summed E-state index contributed by atoms with van der Waals surface area (Å²) in [6.45, 7) is 0. The zero-order valence-electron chi connectivity index (χ0n) is 7.34. The normalized spacial score (nSPS) is 11.0. The van der Waals surface area contributed by atoms with Gasteiger partial charge in [0.1, 0.15) is 0 Å². The van der Waals surface area contributed by atoms with Crippen LogP contribution in [0.3, 0.4) is 0 Å². The maximum Gasteiger partial charge on any atom is 0.329 e. The van der Waals surface area contributed by atoms with Crippen molar-refractivity contribution in [2.45, 2.75) is 4.90 Å². The highest BCUT2D eigenvalue weighted by atomic mass is 35.5. The number of rotatable bonds is 2. The summed E-state index contributed by atoms with van der Waals surface area (Å²) in [5.41, 5.74) is 0. The zero-order valence-corrected chi connectivity index (χ0v) is 8.92. The second-order valence-electron chi connectivity index (χ2n) is 2.54. The van der Waals surface area contributed by atoms with E-state index in [1.54, 1.807) is 18.2 Å². The minimum Gasteiger partial charge on any atom is -0.254 e. The van der Waals surface area contributed by atoms with Crippen molar-refractivity contribution < 1.29 is 13.2 Å². The predicted molar refractivity (Wildman–Crippen MR) is 52.6 cm³/mol. The van der Waals surface area contributed by atoms with Crippen molar-refractivity contribution in [2.24, 2.45) is 0 Å². The molecule has 1 aromatic carbocycles. The second kappa shape index (κ2) is 3.98. The molecule has 14 heavy (non-hydrogen) atoms. The SMILES string of the molecule is CN(C(=O)Cl)S(=O)(=O)c1ccccc1. The van der Waals surface area contributed by atoms with Gasteiger partial charge in [-0.1, -0.05) is 18.2 Å². The van der Waals surface area contributed by atoms with Gasteiger partial charge in [0.2, 0.25) is 0 Å². The summed E-state index contributed by atoms with van der Waals surface area (Å²) >= 11 is 5.07. The number of nitrogens with zero attached hydrogens (tertiary/aromatic N) is 1. The fraction of sp³-hybridized carbons (Fsp3) is 0.125. The van der Waals surface area contributed by atoms with Crippen molar-refractivity contribution in [1.82, 2.24) is 4.31 Å². The van der Waals surface area contributed by atoms with Gasteiger partial charge in [-0.15, -0.1) is 0 Å². The third kappa shape index (κ3) is 2.05. The topological polar surface area (TPSA) is 54.5 Å². The van der Waals surface area contributed by atoms with Gasteiger partial charge in [-0.2, -0.15) is 0 Å². The Balaban J connectivity index is 3.16. The second-order valence-corrected chi connectivity index (χ2v) is 4.83. The fourth-order valence-electron chi connectivity index (χ4n) is 0.845. The van der Waals surface area contributed by atoms with Gasteiger partial charge < -0.3 is 0 Å². The molecule has 0 fully saturated rings. The van der Waals surface area contributed by atoms with Gasteiger partial charge in [0.05, 0.1) is 4.90 Å². The van der Waals surface area contributed by atoms with E-state index in [-0.39, 0.29) is 4.90 Å². The first-order valence-corrected chi connectivity index (χ1v) is 5.51. The maximum atomic E-state index is 11.6. The van der Waals surface area contributed by atoms with Crippen LogP contribution in [-0.2, 0) is 10.0 Å². The molecule has 4 nitrogen and oxygen atoms in total. The molecule has 0 spiro atoms. The largest absolute Gasteiger partial charge is 0.329 e. The molecule has 1 amide bonds. The highest BCUT2D eigenvalue weighted by Gasteiger charge is 2.23. The zero-order chi connectivity index (χ0) is 10.8.